The molecule has 0 aromatic heterocycles. The number of halogens is 1. The monoisotopic (exact) mass is 568 g/mol. The third kappa shape index (κ3) is 12.5. The number of carbonyl (C=O) groups is 1. The van der Waals surface area contributed by atoms with Crippen LogP contribution in [-0.4, -0.2) is 44.7 Å². The SMILES string of the molecule is CCNC(=O)COc1cccc(CN=C(NCC)NCC(C)COCc2ccccc2)c1.I. The highest BCUT2D eigenvalue weighted by atomic mass is 127. The molecule has 2 rings (SSSR count). The van der Waals surface area contributed by atoms with Gasteiger partial charge in [-0.1, -0.05) is 49.4 Å². The Morgan fingerprint density at radius 2 is 1.70 bits per heavy atom. The molecule has 0 radical (unpaired) electrons. The summed E-state index contributed by atoms with van der Waals surface area (Å²) in [6.07, 6.45) is 0. The number of aliphatic imine (C=N–C) groups is 1. The Labute approximate surface area is 214 Å². The highest BCUT2D eigenvalue weighted by molar-refractivity contribution is 14.0. The summed E-state index contributed by atoms with van der Waals surface area (Å²) in [6.45, 7) is 10.0. The van der Waals surface area contributed by atoms with E-state index in [0.717, 1.165) is 24.6 Å². The van der Waals surface area contributed by atoms with Crippen molar-refractivity contribution >= 4 is 35.8 Å². The molecule has 0 saturated carbocycles. The average Bonchev–Trinajstić information content (AvgIpc) is 2.81. The molecule has 1 unspecified atom stereocenters. The Hall–Kier alpha value is -2.33. The lowest BCUT2D eigenvalue weighted by molar-refractivity contribution is -0.122. The predicted octanol–water partition coefficient (Wildman–Crippen LogP) is 3.73. The molecule has 8 heteroatoms. The number of guanidine groups is 1. The summed E-state index contributed by atoms with van der Waals surface area (Å²) < 4.78 is 11.4. The molecule has 182 valence electrons. The van der Waals surface area contributed by atoms with Crippen LogP contribution >= 0.6 is 24.0 Å². The van der Waals surface area contributed by atoms with Crippen LogP contribution in [0.4, 0.5) is 0 Å². The van der Waals surface area contributed by atoms with Gasteiger partial charge in [0.25, 0.3) is 5.91 Å². The summed E-state index contributed by atoms with van der Waals surface area (Å²) in [7, 11) is 0. The second-order valence-corrected chi connectivity index (χ2v) is 7.57. The van der Waals surface area contributed by atoms with Crippen molar-refractivity contribution in [1.29, 1.82) is 0 Å². The number of hydrogen-bond acceptors (Lipinski definition) is 4. The van der Waals surface area contributed by atoms with Gasteiger partial charge in [-0.05, 0) is 43.0 Å². The van der Waals surface area contributed by atoms with Gasteiger partial charge in [-0.2, -0.15) is 0 Å². The number of carbonyl (C=O) groups excluding carboxylic acids is 1. The maximum atomic E-state index is 11.6. The smallest absolute Gasteiger partial charge is 0.257 e. The van der Waals surface area contributed by atoms with E-state index >= 15 is 0 Å². The third-order valence-corrected chi connectivity index (χ3v) is 4.54. The van der Waals surface area contributed by atoms with E-state index in [2.05, 4.69) is 40.0 Å². The lowest BCUT2D eigenvalue weighted by Gasteiger charge is -2.16. The van der Waals surface area contributed by atoms with Gasteiger partial charge in [0, 0.05) is 19.6 Å². The van der Waals surface area contributed by atoms with Gasteiger partial charge in [-0.25, -0.2) is 4.99 Å². The first-order chi connectivity index (χ1) is 15.6. The molecule has 0 spiro atoms. The van der Waals surface area contributed by atoms with Crippen molar-refractivity contribution < 1.29 is 14.3 Å². The Morgan fingerprint density at radius 1 is 0.970 bits per heavy atom. The Morgan fingerprint density at radius 3 is 2.42 bits per heavy atom. The maximum Gasteiger partial charge on any atom is 0.257 e. The van der Waals surface area contributed by atoms with E-state index in [0.29, 0.717) is 38.0 Å². The van der Waals surface area contributed by atoms with Crippen molar-refractivity contribution in [2.45, 2.75) is 33.9 Å². The summed E-state index contributed by atoms with van der Waals surface area (Å²) >= 11 is 0. The van der Waals surface area contributed by atoms with Crippen LogP contribution in [0.2, 0.25) is 0 Å². The largest absolute Gasteiger partial charge is 0.484 e. The molecule has 2 aromatic rings. The van der Waals surface area contributed by atoms with Crippen LogP contribution in [0.25, 0.3) is 0 Å². The van der Waals surface area contributed by atoms with Crippen LogP contribution in [0.15, 0.2) is 59.6 Å². The number of ether oxygens (including phenoxy) is 2. The molecule has 0 fully saturated rings. The van der Waals surface area contributed by atoms with Gasteiger partial charge in [0.15, 0.2) is 12.6 Å². The molecule has 1 atom stereocenters. The lowest BCUT2D eigenvalue weighted by Crippen LogP contribution is -2.40. The third-order valence-electron chi connectivity index (χ3n) is 4.54. The molecule has 33 heavy (non-hydrogen) atoms. The highest BCUT2D eigenvalue weighted by Crippen LogP contribution is 2.14. The zero-order valence-corrected chi connectivity index (χ0v) is 22.1. The number of likely N-dealkylation sites (N-methyl/N-ethyl adjacent to an activating group) is 1. The van der Waals surface area contributed by atoms with Crippen molar-refractivity contribution in [1.82, 2.24) is 16.0 Å². The van der Waals surface area contributed by atoms with E-state index in [9.17, 15) is 4.79 Å². The summed E-state index contributed by atoms with van der Waals surface area (Å²) in [5.41, 5.74) is 2.19. The fourth-order valence-electron chi connectivity index (χ4n) is 2.92. The molecule has 0 saturated heterocycles. The Balaban J connectivity index is 0.00000544. The Bertz CT molecular complexity index is 833. The van der Waals surface area contributed by atoms with Gasteiger partial charge in [0.2, 0.25) is 0 Å². The number of nitrogens with zero attached hydrogens (tertiary/aromatic N) is 1. The van der Waals surface area contributed by atoms with E-state index in [1.807, 2.05) is 56.3 Å². The first-order valence-corrected chi connectivity index (χ1v) is 11.2. The highest BCUT2D eigenvalue weighted by Gasteiger charge is 2.06. The van der Waals surface area contributed by atoms with Crippen LogP contribution in [0.3, 0.4) is 0 Å². The van der Waals surface area contributed by atoms with E-state index < -0.39 is 0 Å². The minimum atomic E-state index is -0.128. The molecule has 7 nitrogen and oxygen atoms in total. The molecular weight excluding hydrogens is 531 g/mol. The van der Waals surface area contributed by atoms with E-state index in [1.54, 1.807) is 0 Å². The average molecular weight is 569 g/mol. The summed E-state index contributed by atoms with van der Waals surface area (Å²) in [6, 6.07) is 17.8. The van der Waals surface area contributed by atoms with Crippen molar-refractivity contribution in [3.05, 3.63) is 65.7 Å². The summed E-state index contributed by atoms with van der Waals surface area (Å²) in [5, 5.41) is 9.37. The van der Waals surface area contributed by atoms with E-state index in [1.165, 1.54) is 5.56 Å². The number of rotatable bonds is 13. The topological polar surface area (TPSA) is 84.0 Å². The normalized spacial score (nSPS) is 11.8. The van der Waals surface area contributed by atoms with Crippen LogP contribution < -0.4 is 20.7 Å². The van der Waals surface area contributed by atoms with Gasteiger partial charge in [0.05, 0.1) is 19.8 Å². The fraction of sp³-hybridized carbons (Fsp3) is 0.440. The first kappa shape index (κ1) is 28.7. The quantitative estimate of drug-likeness (QED) is 0.195. The minimum absolute atomic E-state index is 0. The second kappa shape index (κ2) is 17.2. The van der Waals surface area contributed by atoms with Crippen LogP contribution in [0, 0.1) is 5.92 Å². The van der Waals surface area contributed by atoms with Crippen LogP contribution in [0.5, 0.6) is 5.75 Å². The van der Waals surface area contributed by atoms with Gasteiger partial charge >= 0.3 is 0 Å². The molecule has 0 aliphatic rings. The van der Waals surface area contributed by atoms with Crippen LogP contribution in [-0.2, 0) is 22.7 Å². The number of nitrogens with one attached hydrogen (secondary N) is 3. The molecule has 0 heterocycles. The maximum absolute atomic E-state index is 11.6. The standard InChI is InChI=1S/C25H36N4O3.HI/c1-4-26-24(30)19-32-23-13-9-12-22(14-23)16-29-25(27-5-2)28-15-20(3)17-31-18-21-10-7-6-8-11-21;/h6-14,20H,4-5,15-19H2,1-3H3,(H,26,30)(H2,27,28,29);1H. The summed E-state index contributed by atoms with van der Waals surface area (Å²) in [4.78, 5) is 16.2. The number of amides is 1. The molecule has 0 bridgehead atoms. The lowest BCUT2D eigenvalue weighted by atomic mass is 10.2. The van der Waals surface area contributed by atoms with Gasteiger partial charge < -0.3 is 25.4 Å². The molecule has 1 amide bonds. The van der Waals surface area contributed by atoms with Gasteiger partial charge in [-0.15, -0.1) is 24.0 Å². The van der Waals surface area contributed by atoms with Crippen molar-refractivity contribution in [2.75, 3.05) is 32.8 Å². The number of hydrogen-bond donors (Lipinski definition) is 3. The van der Waals surface area contributed by atoms with Crippen molar-refractivity contribution in [3.63, 3.8) is 0 Å². The number of benzene rings is 2. The molecule has 0 aliphatic heterocycles. The predicted molar refractivity (Wildman–Crippen MR) is 144 cm³/mol. The minimum Gasteiger partial charge on any atom is -0.484 e. The van der Waals surface area contributed by atoms with E-state index in [-0.39, 0.29) is 36.5 Å². The Kier molecular flexibility index (Phi) is 14.9. The van der Waals surface area contributed by atoms with E-state index in [4.69, 9.17) is 9.47 Å². The molecular formula is C25H37IN4O3. The fourth-order valence-corrected chi connectivity index (χ4v) is 2.92. The summed E-state index contributed by atoms with van der Waals surface area (Å²) in [5.74, 6) is 1.63. The zero-order chi connectivity index (χ0) is 23.0. The van der Waals surface area contributed by atoms with Gasteiger partial charge in [0.1, 0.15) is 5.75 Å². The first-order valence-electron chi connectivity index (χ1n) is 11.2. The van der Waals surface area contributed by atoms with Crippen LogP contribution in [0.1, 0.15) is 31.9 Å². The zero-order valence-electron chi connectivity index (χ0n) is 19.8. The molecule has 3 N–H and O–H groups in total. The van der Waals surface area contributed by atoms with Crippen molar-refractivity contribution in [2.24, 2.45) is 10.9 Å². The van der Waals surface area contributed by atoms with Crippen molar-refractivity contribution in [3.8, 4) is 5.75 Å². The molecule has 0 aliphatic carbocycles. The second-order valence-electron chi connectivity index (χ2n) is 7.57. The molecule has 2 aromatic carbocycles. The van der Waals surface area contributed by atoms with Gasteiger partial charge in [-0.3, -0.25) is 4.79 Å².